The number of carbonyl (C=O) groups is 1. The van der Waals surface area contributed by atoms with Gasteiger partial charge in [0.15, 0.2) is 0 Å². The Bertz CT molecular complexity index is 936. The van der Waals surface area contributed by atoms with Gasteiger partial charge in [0.05, 0.1) is 6.61 Å². The van der Waals surface area contributed by atoms with Crippen molar-refractivity contribution in [3.8, 4) is 22.6 Å². The molecule has 0 aliphatic heterocycles. The molecule has 0 heterocycles. The fraction of sp³-hybridized carbons (Fsp3) is 0.296. The Labute approximate surface area is 190 Å². The number of halogens is 1. The molecule has 0 N–H and O–H groups in total. The molecule has 3 rings (SSSR count). The van der Waals surface area contributed by atoms with E-state index in [2.05, 4.69) is 6.92 Å². The standard InChI is InChI=1S/C27H29ClO3/c1-3-5-19-30-23-15-11-20(12-16-23)21-13-17-24(18-14-21)31-27(29)26(28)25(4-2)22-9-7-6-8-10-22/h6-18,25-26H,3-5,19H2,1-2H3. The smallest absolute Gasteiger partial charge is 0.330 e. The van der Waals surface area contributed by atoms with E-state index in [1.807, 2.05) is 73.7 Å². The third-order valence-corrected chi connectivity index (χ3v) is 5.76. The van der Waals surface area contributed by atoms with Crippen molar-refractivity contribution in [3.05, 3.63) is 84.4 Å². The maximum atomic E-state index is 12.6. The largest absolute Gasteiger partial charge is 0.494 e. The van der Waals surface area contributed by atoms with E-state index in [-0.39, 0.29) is 5.92 Å². The third kappa shape index (κ3) is 6.35. The quantitative estimate of drug-likeness (QED) is 0.145. The molecule has 0 aliphatic rings. The molecular weight excluding hydrogens is 408 g/mol. The minimum Gasteiger partial charge on any atom is -0.494 e. The Morgan fingerprint density at radius 1 is 0.839 bits per heavy atom. The predicted molar refractivity (Wildman–Crippen MR) is 127 cm³/mol. The van der Waals surface area contributed by atoms with Crippen LogP contribution in [0.3, 0.4) is 0 Å². The summed E-state index contributed by atoms with van der Waals surface area (Å²) in [5.74, 6) is 0.841. The van der Waals surface area contributed by atoms with Crippen LogP contribution in [0.5, 0.6) is 11.5 Å². The first-order chi connectivity index (χ1) is 15.1. The van der Waals surface area contributed by atoms with Gasteiger partial charge in [0.25, 0.3) is 0 Å². The lowest BCUT2D eigenvalue weighted by Gasteiger charge is -2.20. The maximum absolute atomic E-state index is 12.6. The van der Waals surface area contributed by atoms with Gasteiger partial charge in [0.2, 0.25) is 0 Å². The van der Waals surface area contributed by atoms with E-state index in [0.29, 0.717) is 5.75 Å². The van der Waals surface area contributed by atoms with Crippen molar-refractivity contribution in [1.82, 2.24) is 0 Å². The summed E-state index contributed by atoms with van der Waals surface area (Å²) in [5, 5.41) is -0.743. The van der Waals surface area contributed by atoms with Gasteiger partial charge in [0.1, 0.15) is 16.9 Å². The van der Waals surface area contributed by atoms with Crippen molar-refractivity contribution < 1.29 is 14.3 Å². The third-order valence-electron chi connectivity index (χ3n) is 5.27. The molecule has 3 aromatic rings. The molecule has 0 saturated heterocycles. The van der Waals surface area contributed by atoms with E-state index < -0.39 is 11.3 Å². The summed E-state index contributed by atoms with van der Waals surface area (Å²) in [7, 11) is 0. The van der Waals surface area contributed by atoms with Crippen LogP contribution < -0.4 is 9.47 Å². The second-order valence-corrected chi connectivity index (χ2v) is 7.97. The van der Waals surface area contributed by atoms with E-state index in [1.165, 1.54) is 0 Å². The van der Waals surface area contributed by atoms with Gasteiger partial charge in [-0.25, -0.2) is 0 Å². The van der Waals surface area contributed by atoms with Crippen molar-refractivity contribution in [2.45, 2.75) is 44.4 Å². The zero-order chi connectivity index (χ0) is 22.1. The summed E-state index contributed by atoms with van der Waals surface area (Å²) in [6.45, 7) is 4.90. The number of hydrogen-bond acceptors (Lipinski definition) is 3. The molecule has 162 valence electrons. The molecule has 0 saturated carbocycles. The van der Waals surface area contributed by atoms with Gasteiger partial charge in [-0.2, -0.15) is 0 Å². The second-order valence-electron chi connectivity index (χ2n) is 7.50. The van der Waals surface area contributed by atoms with Gasteiger partial charge in [-0.15, -0.1) is 11.6 Å². The number of hydrogen-bond donors (Lipinski definition) is 0. The highest BCUT2D eigenvalue weighted by Gasteiger charge is 2.28. The van der Waals surface area contributed by atoms with Crippen LogP contribution in [-0.2, 0) is 4.79 Å². The first-order valence-corrected chi connectivity index (χ1v) is 11.3. The monoisotopic (exact) mass is 436 g/mol. The van der Waals surface area contributed by atoms with Crippen LogP contribution in [0, 0.1) is 0 Å². The highest BCUT2D eigenvalue weighted by molar-refractivity contribution is 6.30. The Hall–Kier alpha value is -2.78. The van der Waals surface area contributed by atoms with Crippen molar-refractivity contribution in [2.24, 2.45) is 0 Å². The van der Waals surface area contributed by atoms with Crippen molar-refractivity contribution >= 4 is 17.6 Å². The van der Waals surface area contributed by atoms with Gasteiger partial charge < -0.3 is 9.47 Å². The van der Waals surface area contributed by atoms with E-state index in [0.717, 1.165) is 48.3 Å². The van der Waals surface area contributed by atoms with Crippen LogP contribution in [-0.4, -0.2) is 18.0 Å². The average molecular weight is 437 g/mol. The molecule has 3 aromatic carbocycles. The summed E-state index contributed by atoms with van der Waals surface area (Å²) in [5.41, 5.74) is 3.16. The van der Waals surface area contributed by atoms with Crippen LogP contribution in [0.25, 0.3) is 11.1 Å². The number of benzene rings is 3. The summed E-state index contributed by atoms with van der Waals surface area (Å²) < 4.78 is 11.3. The lowest BCUT2D eigenvalue weighted by atomic mass is 9.93. The minimum absolute atomic E-state index is 0.0901. The molecule has 2 atom stereocenters. The molecule has 0 radical (unpaired) electrons. The van der Waals surface area contributed by atoms with Crippen LogP contribution >= 0.6 is 11.6 Å². The Kier molecular flexibility index (Phi) is 8.54. The molecule has 0 bridgehead atoms. The highest BCUT2D eigenvalue weighted by atomic mass is 35.5. The summed E-state index contributed by atoms with van der Waals surface area (Å²) in [6.07, 6.45) is 2.92. The lowest BCUT2D eigenvalue weighted by molar-refractivity contribution is -0.134. The topological polar surface area (TPSA) is 35.5 Å². The zero-order valence-electron chi connectivity index (χ0n) is 18.1. The SMILES string of the molecule is CCCCOc1ccc(-c2ccc(OC(=O)C(Cl)C(CC)c3ccccc3)cc2)cc1. The zero-order valence-corrected chi connectivity index (χ0v) is 18.8. The summed E-state index contributed by atoms with van der Waals surface area (Å²) in [4.78, 5) is 12.6. The van der Waals surface area contributed by atoms with E-state index in [9.17, 15) is 4.79 Å². The van der Waals surface area contributed by atoms with E-state index in [4.69, 9.17) is 21.1 Å². The van der Waals surface area contributed by atoms with Crippen molar-refractivity contribution in [3.63, 3.8) is 0 Å². The second kappa shape index (κ2) is 11.6. The van der Waals surface area contributed by atoms with Gasteiger partial charge in [-0.1, -0.05) is 74.9 Å². The fourth-order valence-electron chi connectivity index (χ4n) is 3.44. The average Bonchev–Trinajstić information content (AvgIpc) is 2.81. The molecule has 0 spiro atoms. The van der Waals surface area contributed by atoms with Crippen molar-refractivity contribution in [2.75, 3.05) is 6.61 Å². The Balaban J connectivity index is 1.61. The molecule has 4 heteroatoms. The summed E-state index contributed by atoms with van der Waals surface area (Å²) in [6, 6.07) is 25.3. The number of rotatable bonds is 10. The van der Waals surface area contributed by atoms with Gasteiger partial charge in [0, 0.05) is 5.92 Å². The lowest BCUT2D eigenvalue weighted by Crippen LogP contribution is -2.27. The van der Waals surface area contributed by atoms with Gasteiger partial charge in [-0.3, -0.25) is 4.79 Å². The number of esters is 1. The van der Waals surface area contributed by atoms with E-state index in [1.54, 1.807) is 12.1 Å². The van der Waals surface area contributed by atoms with Crippen LogP contribution in [0.2, 0.25) is 0 Å². The van der Waals surface area contributed by atoms with Gasteiger partial charge >= 0.3 is 5.97 Å². The molecule has 3 nitrogen and oxygen atoms in total. The first-order valence-electron chi connectivity index (χ1n) is 10.9. The fourth-order valence-corrected chi connectivity index (χ4v) is 3.81. The first kappa shape index (κ1) is 22.9. The highest BCUT2D eigenvalue weighted by Crippen LogP contribution is 2.29. The Morgan fingerprint density at radius 3 is 1.97 bits per heavy atom. The molecule has 0 aliphatic carbocycles. The molecule has 2 unspecified atom stereocenters. The predicted octanol–water partition coefficient (Wildman–Crippen LogP) is 7.24. The number of unbranched alkanes of at least 4 members (excludes halogenated alkanes) is 1. The normalized spacial score (nSPS) is 12.7. The Morgan fingerprint density at radius 2 is 1.42 bits per heavy atom. The van der Waals surface area contributed by atoms with Crippen LogP contribution in [0.1, 0.15) is 44.6 Å². The van der Waals surface area contributed by atoms with Crippen LogP contribution in [0.4, 0.5) is 0 Å². The summed E-state index contributed by atoms with van der Waals surface area (Å²) >= 11 is 6.48. The number of carbonyl (C=O) groups excluding carboxylic acids is 1. The van der Waals surface area contributed by atoms with E-state index >= 15 is 0 Å². The number of ether oxygens (including phenoxy) is 2. The van der Waals surface area contributed by atoms with Crippen LogP contribution in [0.15, 0.2) is 78.9 Å². The van der Waals surface area contributed by atoms with Crippen molar-refractivity contribution in [1.29, 1.82) is 0 Å². The molecule has 0 amide bonds. The van der Waals surface area contributed by atoms with Gasteiger partial charge in [-0.05, 0) is 53.8 Å². The number of alkyl halides is 1. The maximum Gasteiger partial charge on any atom is 0.330 e. The molecule has 0 aromatic heterocycles. The molecular formula is C27H29ClO3. The molecule has 0 fully saturated rings. The minimum atomic E-state index is -0.743. The molecule has 31 heavy (non-hydrogen) atoms.